The van der Waals surface area contributed by atoms with Crippen molar-refractivity contribution in [3.8, 4) is 78.7 Å². The van der Waals surface area contributed by atoms with E-state index in [1.807, 2.05) is 11.3 Å². The number of aryl methyl sites for hydroxylation is 1. The molecule has 0 saturated carbocycles. The lowest BCUT2D eigenvalue weighted by atomic mass is 9.70. The Balaban J connectivity index is 1.01. The summed E-state index contributed by atoms with van der Waals surface area (Å²) in [5.74, 6) is 1.93. The van der Waals surface area contributed by atoms with Gasteiger partial charge in [-0.25, -0.2) is 15.0 Å². The zero-order valence-corrected chi connectivity index (χ0v) is 34.5. The van der Waals surface area contributed by atoms with Gasteiger partial charge in [0.15, 0.2) is 17.5 Å². The summed E-state index contributed by atoms with van der Waals surface area (Å²) in [5, 5.41) is 1.35. The van der Waals surface area contributed by atoms with Gasteiger partial charge < -0.3 is 0 Å². The summed E-state index contributed by atoms with van der Waals surface area (Å²) in [6, 6.07) is 68.2. The molecule has 290 valence electrons. The summed E-state index contributed by atoms with van der Waals surface area (Å²) < 4.78 is 1.34. The summed E-state index contributed by atoms with van der Waals surface area (Å²) in [6.07, 6.45) is 6.85. The SMILES string of the molecule is C1=Cc2c(sc3cccc(-c4ccc(-c5nc(-c6ccc7c(c6)C6(c8ccccc8-c8ccccc86)c6ccccc6-7)nc(-c6ccccc6-c6ccccc6)n5)cc4)c23)CC1. The Labute approximate surface area is 364 Å². The molecule has 4 heteroatoms. The lowest BCUT2D eigenvalue weighted by Gasteiger charge is -2.30. The monoisotopic (exact) mass is 807 g/mol. The minimum atomic E-state index is -0.468. The van der Waals surface area contributed by atoms with E-state index in [4.69, 9.17) is 15.0 Å². The van der Waals surface area contributed by atoms with Crippen molar-refractivity contribution in [1.29, 1.82) is 0 Å². The average Bonchev–Trinajstić information content (AvgIpc) is 3.98. The standard InChI is InChI=1S/C58H37N3S/c1-2-15-36(16-3-1)40-17-4-5-21-46(40)57-60-55(38-31-29-37(30-32-38)41-23-14-28-53-54(41)47-22-9-13-27-52(47)62-53)59-56(61-57)39-33-34-45-44-20-8-12-26-50(44)58(51(45)35-39)48-24-10-6-18-42(48)43-19-7-11-25-49(43)58/h1-12,14-26,28-35H,13,27H2. The summed E-state index contributed by atoms with van der Waals surface area (Å²) in [4.78, 5) is 17.5. The van der Waals surface area contributed by atoms with Crippen LogP contribution < -0.4 is 0 Å². The minimum absolute atomic E-state index is 0.468. The molecule has 0 unspecified atom stereocenters. The van der Waals surface area contributed by atoms with E-state index in [1.54, 1.807) is 0 Å². The van der Waals surface area contributed by atoms with Crippen molar-refractivity contribution in [2.45, 2.75) is 18.3 Å². The van der Waals surface area contributed by atoms with Gasteiger partial charge in [0.05, 0.1) is 5.41 Å². The largest absolute Gasteiger partial charge is 0.208 e. The van der Waals surface area contributed by atoms with Gasteiger partial charge in [-0.1, -0.05) is 188 Å². The van der Waals surface area contributed by atoms with Crippen molar-refractivity contribution in [2.24, 2.45) is 0 Å². The van der Waals surface area contributed by atoms with Crippen molar-refractivity contribution < 1.29 is 0 Å². The average molecular weight is 808 g/mol. The van der Waals surface area contributed by atoms with Gasteiger partial charge in [0, 0.05) is 31.7 Å². The Morgan fingerprint density at radius 3 is 1.60 bits per heavy atom. The predicted molar refractivity (Wildman–Crippen MR) is 256 cm³/mol. The molecule has 10 aromatic rings. The quantitative estimate of drug-likeness (QED) is 0.174. The van der Waals surface area contributed by atoms with Crippen molar-refractivity contribution >= 4 is 27.5 Å². The molecular formula is C58H37N3S. The molecule has 0 aliphatic heterocycles. The van der Waals surface area contributed by atoms with Crippen LogP contribution in [0.2, 0.25) is 0 Å². The zero-order valence-electron chi connectivity index (χ0n) is 33.7. The lowest BCUT2D eigenvalue weighted by Crippen LogP contribution is -2.25. The third-order valence-electron chi connectivity index (χ3n) is 13.2. The Morgan fingerprint density at radius 1 is 0.387 bits per heavy atom. The zero-order chi connectivity index (χ0) is 40.8. The number of allylic oxidation sites excluding steroid dienone is 1. The maximum absolute atomic E-state index is 5.37. The molecule has 1 spiro atoms. The van der Waals surface area contributed by atoms with E-state index in [0.29, 0.717) is 17.5 Å². The number of thiophene rings is 1. The molecule has 2 heterocycles. The molecule has 3 nitrogen and oxygen atoms in total. The molecule has 0 saturated heterocycles. The smallest absolute Gasteiger partial charge is 0.164 e. The van der Waals surface area contributed by atoms with Crippen LogP contribution in [0.3, 0.4) is 0 Å². The number of benzene rings is 8. The minimum Gasteiger partial charge on any atom is -0.208 e. The normalized spacial score (nSPS) is 13.7. The first-order chi connectivity index (χ1) is 30.7. The van der Waals surface area contributed by atoms with E-state index in [0.717, 1.165) is 40.7 Å². The molecule has 13 rings (SSSR count). The first-order valence-electron chi connectivity index (χ1n) is 21.4. The van der Waals surface area contributed by atoms with Crippen molar-refractivity contribution in [3.05, 3.63) is 227 Å². The van der Waals surface area contributed by atoms with Gasteiger partial charge in [-0.2, -0.15) is 0 Å². The molecule has 0 N–H and O–H groups in total. The second-order valence-corrected chi connectivity index (χ2v) is 17.6. The molecule has 0 amide bonds. The van der Waals surface area contributed by atoms with E-state index in [2.05, 4.69) is 200 Å². The van der Waals surface area contributed by atoms with E-state index < -0.39 is 5.41 Å². The van der Waals surface area contributed by atoms with Gasteiger partial charge in [-0.05, 0) is 97.3 Å². The van der Waals surface area contributed by atoms with E-state index >= 15 is 0 Å². The Morgan fingerprint density at radius 2 is 0.903 bits per heavy atom. The second-order valence-electron chi connectivity index (χ2n) is 16.5. The third-order valence-corrected chi connectivity index (χ3v) is 14.5. The molecule has 0 radical (unpaired) electrons. The van der Waals surface area contributed by atoms with Crippen LogP contribution in [0.15, 0.2) is 194 Å². The topological polar surface area (TPSA) is 38.7 Å². The highest BCUT2D eigenvalue weighted by Crippen LogP contribution is 2.63. The van der Waals surface area contributed by atoms with Crippen LogP contribution in [0.4, 0.5) is 0 Å². The van der Waals surface area contributed by atoms with Gasteiger partial charge in [0.25, 0.3) is 0 Å². The lowest BCUT2D eigenvalue weighted by molar-refractivity contribution is 0.794. The fourth-order valence-corrected chi connectivity index (χ4v) is 11.8. The number of rotatable bonds is 5. The fraction of sp³-hybridized carbons (Fsp3) is 0.0517. The van der Waals surface area contributed by atoms with Gasteiger partial charge in [-0.3, -0.25) is 0 Å². The van der Waals surface area contributed by atoms with E-state index in [1.165, 1.54) is 76.2 Å². The Bertz CT molecular complexity index is 3400. The third kappa shape index (κ3) is 5.14. The second kappa shape index (κ2) is 13.8. The maximum atomic E-state index is 5.37. The first kappa shape index (κ1) is 35.2. The van der Waals surface area contributed by atoms with Crippen molar-refractivity contribution in [1.82, 2.24) is 15.0 Å². The van der Waals surface area contributed by atoms with Crippen LogP contribution in [0.5, 0.6) is 0 Å². The van der Waals surface area contributed by atoms with Crippen LogP contribution in [0, 0.1) is 0 Å². The molecule has 0 bridgehead atoms. The van der Waals surface area contributed by atoms with Crippen molar-refractivity contribution in [3.63, 3.8) is 0 Å². The summed E-state index contributed by atoms with van der Waals surface area (Å²) in [6.45, 7) is 0. The summed E-state index contributed by atoms with van der Waals surface area (Å²) in [5.41, 5.74) is 18.7. The highest BCUT2D eigenvalue weighted by molar-refractivity contribution is 7.19. The molecule has 3 aliphatic carbocycles. The fourth-order valence-electron chi connectivity index (χ4n) is 10.6. The number of aromatic nitrogens is 3. The van der Waals surface area contributed by atoms with Crippen LogP contribution in [-0.2, 0) is 11.8 Å². The van der Waals surface area contributed by atoms with Crippen LogP contribution in [0.25, 0.3) is 94.8 Å². The van der Waals surface area contributed by atoms with E-state index in [9.17, 15) is 0 Å². The summed E-state index contributed by atoms with van der Waals surface area (Å²) >= 11 is 1.93. The van der Waals surface area contributed by atoms with Crippen LogP contribution in [-0.4, -0.2) is 15.0 Å². The van der Waals surface area contributed by atoms with E-state index in [-0.39, 0.29) is 0 Å². The first-order valence-corrected chi connectivity index (χ1v) is 22.2. The Kier molecular flexibility index (Phi) is 7.82. The predicted octanol–water partition coefficient (Wildman–Crippen LogP) is 14.7. The highest BCUT2D eigenvalue weighted by Gasteiger charge is 2.51. The number of hydrogen-bond acceptors (Lipinski definition) is 4. The molecule has 62 heavy (non-hydrogen) atoms. The number of nitrogens with zero attached hydrogens (tertiary/aromatic N) is 3. The van der Waals surface area contributed by atoms with Gasteiger partial charge >= 0.3 is 0 Å². The van der Waals surface area contributed by atoms with Crippen molar-refractivity contribution in [2.75, 3.05) is 0 Å². The van der Waals surface area contributed by atoms with Crippen LogP contribution in [0.1, 0.15) is 39.1 Å². The van der Waals surface area contributed by atoms with Gasteiger partial charge in [-0.15, -0.1) is 11.3 Å². The van der Waals surface area contributed by atoms with Gasteiger partial charge in [0.1, 0.15) is 0 Å². The number of hydrogen-bond donors (Lipinski definition) is 0. The molecule has 2 aromatic heterocycles. The molecule has 0 atom stereocenters. The maximum Gasteiger partial charge on any atom is 0.164 e. The number of fused-ring (bicyclic) bond motifs is 13. The molecule has 0 fully saturated rings. The Hall–Kier alpha value is -7.53. The van der Waals surface area contributed by atoms with Crippen LogP contribution >= 0.6 is 11.3 Å². The molecule has 8 aromatic carbocycles. The van der Waals surface area contributed by atoms with Gasteiger partial charge in [0.2, 0.25) is 0 Å². The highest BCUT2D eigenvalue weighted by atomic mass is 32.1. The molecule has 3 aliphatic rings. The summed E-state index contributed by atoms with van der Waals surface area (Å²) in [7, 11) is 0. The molecular weight excluding hydrogens is 771 g/mol.